The standard InChI is InChI=1S/C26H27F2NO4/c1-15(30)23-21(11-16-6-5-7-18(27)10-16)22-13-19(28)12-20(24(22)32-23)17-8-9-29(14-17)25(31)33-26(2,3)4/h5-7,10,12-13,17H,8-9,11,14H2,1-4H3. The molecule has 1 atom stereocenters. The van der Waals surface area contributed by atoms with E-state index in [4.69, 9.17) is 9.15 Å². The number of fused-ring (bicyclic) bond motifs is 1. The Morgan fingerprint density at radius 3 is 2.58 bits per heavy atom. The number of likely N-dealkylation sites (tertiary alicyclic amines) is 1. The number of furan rings is 1. The van der Waals surface area contributed by atoms with Gasteiger partial charge in [0, 0.05) is 48.9 Å². The highest BCUT2D eigenvalue weighted by atomic mass is 19.1. The second-order valence-electron chi connectivity index (χ2n) is 9.56. The molecule has 1 unspecified atom stereocenters. The molecule has 1 amide bonds. The number of Topliss-reactive ketones (excluding diaryl/α,β-unsaturated/α-hetero) is 1. The maximum Gasteiger partial charge on any atom is 0.410 e. The van der Waals surface area contributed by atoms with Gasteiger partial charge in [0.05, 0.1) is 0 Å². The highest BCUT2D eigenvalue weighted by Crippen LogP contribution is 2.38. The molecule has 1 saturated heterocycles. The Bertz CT molecular complexity index is 1220. The van der Waals surface area contributed by atoms with Crippen molar-refractivity contribution in [3.63, 3.8) is 0 Å². The summed E-state index contributed by atoms with van der Waals surface area (Å²) in [6.07, 6.45) is 0.443. The van der Waals surface area contributed by atoms with Crippen LogP contribution in [-0.4, -0.2) is 35.5 Å². The van der Waals surface area contributed by atoms with Crippen molar-refractivity contribution in [2.24, 2.45) is 0 Å². The van der Waals surface area contributed by atoms with E-state index in [-0.39, 0.29) is 29.7 Å². The quantitative estimate of drug-likeness (QED) is 0.438. The van der Waals surface area contributed by atoms with Gasteiger partial charge in [-0.1, -0.05) is 12.1 Å². The van der Waals surface area contributed by atoms with Crippen LogP contribution in [-0.2, 0) is 11.2 Å². The molecule has 1 aromatic heterocycles. The lowest BCUT2D eigenvalue weighted by atomic mass is 9.94. The Morgan fingerprint density at radius 1 is 1.15 bits per heavy atom. The molecule has 33 heavy (non-hydrogen) atoms. The molecule has 0 bridgehead atoms. The van der Waals surface area contributed by atoms with Crippen LogP contribution in [0.5, 0.6) is 0 Å². The number of nitrogens with zero attached hydrogens (tertiary/aromatic N) is 1. The van der Waals surface area contributed by atoms with Gasteiger partial charge in [0.25, 0.3) is 0 Å². The minimum absolute atomic E-state index is 0.142. The first-order chi connectivity index (χ1) is 15.5. The van der Waals surface area contributed by atoms with Gasteiger partial charge in [-0.05, 0) is 57.0 Å². The first-order valence-corrected chi connectivity index (χ1v) is 11.0. The third-order valence-corrected chi connectivity index (χ3v) is 5.76. The van der Waals surface area contributed by atoms with Crippen LogP contribution in [0.2, 0.25) is 0 Å². The summed E-state index contributed by atoms with van der Waals surface area (Å²) in [5.74, 6) is -1.15. The summed E-state index contributed by atoms with van der Waals surface area (Å²) < 4.78 is 39.9. The van der Waals surface area contributed by atoms with E-state index in [9.17, 15) is 18.4 Å². The Hall–Kier alpha value is -3.22. The number of carbonyl (C=O) groups excluding carboxylic acids is 2. The number of rotatable bonds is 4. The third kappa shape index (κ3) is 4.92. The minimum Gasteiger partial charge on any atom is -0.452 e. The maximum absolute atomic E-state index is 14.7. The lowest BCUT2D eigenvalue weighted by Gasteiger charge is -2.24. The molecule has 4 rings (SSSR count). The molecule has 1 aliphatic heterocycles. The predicted molar refractivity (Wildman–Crippen MR) is 121 cm³/mol. The predicted octanol–water partition coefficient (Wildman–Crippen LogP) is 6.23. The molecule has 0 aliphatic carbocycles. The average Bonchev–Trinajstić information content (AvgIpc) is 3.32. The van der Waals surface area contributed by atoms with Crippen LogP contribution in [0, 0.1) is 11.6 Å². The highest BCUT2D eigenvalue weighted by molar-refractivity contribution is 6.00. The summed E-state index contributed by atoms with van der Waals surface area (Å²) in [4.78, 5) is 26.4. The van der Waals surface area contributed by atoms with Crippen molar-refractivity contribution in [2.75, 3.05) is 13.1 Å². The van der Waals surface area contributed by atoms with Crippen LogP contribution >= 0.6 is 0 Å². The number of halogens is 2. The molecule has 5 nitrogen and oxygen atoms in total. The molecule has 2 heterocycles. The Kier molecular flexibility index (Phi) is 5.99. The summed E-state index contributed by atoms with van der Waals surface area (Å²) >= 11 is 0. The fourth-order valence-corrected chi connectivity index (χ4v) is 4.36. The number of ketones is 1. The molecular formula is C26H27F2NO4. The van der Waals surface area contributed by atoms with Crippen molar-refractivity contribution in [3.8, 4) is 0 Å². The van der Waals surface area contributed by atoms with Gasteiger partial charge in [-0.25, -0.2) is 13.6 Å². The highest BCUT2D eigenvalue weighted by Gasteiger charge is 2.33. The molecule has 0 spiro atoms. The number of hydrogen-bond acceptors (Lipinski definition) is 4. The van der Waals surface area contributed by atoms with Crippen molar-refractivity contribution < 1.29 is 27.5 Å². The van der Waals surface area contributed by atoms with Gasteiger partial charge in [-0.3, -0.25) is 4.79 Å². The zero-order chi connectivity index (χ0) is 23.9. The van der Waals surface area contributed by atoms with E-state index in [1.807, 2.05) is 0 Å². The van der Waals surface area contributed by atoms with Gasteiger partial charge in [0.15, 0.2) is 11.5 Å². The fraction of sp³-hybridized carbons (Fsp3) is 0.385. The summed E-state index contributed by atoms with van der Waals surface area (Å²) in [6.45, 7) is 7.65. The van der Waals surface area contributed by atoms with E-state index >= 15 is 0 Å². The van der Waals surface area contributed by atoms with Crippen LogP contribution in [0.25, 0.3) is 11.0 Å². The second-order valence-corrected chi connectivity index (χ2v) is 9.56. The molecule has 3 aromatic rings. The molecule has 174 valence electrons. The van der Waals surface area contributed by atoms with E-state index in [2.05, 4.69) is 0 Å². The average molecular weight is 456 g/mol. The monoisotopic (exact) mass is 455 g/mol. The molecule has 0 radical (unpaired) electrons. The lowest BCUT2D eigenvalue weighted by molar-refractivity contribution is 0.0292. The SMILES string of the molecule is CC(=O)c1oc2c(C3CCN(C(=O)OC(C)(C)C)C3)cc(F)cc2c1Cc1cccc(F)c1. The number of hydrogen-bond donors (Lipinski definition) is 0. The minimum atomic E-state index is -0.607. The second kappa shape index (κ2) is 8.61. The van der Waals surface area contributed by atoms with Crippen LogP contribution in [0.1, 0.15) is 67.3 Å². The molecule has 1 fully saturated rings. The molecule has 7 heteroatoms. The normalized spacial score (nSPS) is 16.4. The summed E-state index contributed by atoms with van der Waals surface area (Å²) in [5, 5.41) is 0.496. The number of carbonyl (C=O) groups is 2. The van der Waals surface area contributed by atoms with Crippen LogP contribution in [0.3, 0.4) is 0 Å². The van der Waals surface area contributed by atoms with Gasteiger partial charge in [0.1, 0.15) is 22.8 Å². The fourth-order valence-electron chi connectivity index (χ4n) is 4.36. The Labute approximate surface area is 191 Å². The zero-order valence-electron chi connectivity index (χ0n) is 19.2. The number of benzene rings is 2. The van der Waals surface area contributed by atoms with E-state index < -0.39 is 17.5 Å². The van der Waals surface area contributed by atoms with Crippen molar-refractivity contribution in [3.05, 3.63) is 70.5 Å². The Morgan fingerprint density at radius 2 is 1.91 bits per heavy atom. The summed E-state index contributed by atoms with van der Waals surface area (Å²) in [5.41, 5.74) is 1.63. The lowest BCUT2D eigenvalue weighted by Crippen LogP contribution is -2.35. The van der Waals surface area contributed by atoms with Crippen molar-refractivity contribution in [1.82, 2.24) is 4.90 Å². The number of amides is 1. The van der Waals surface area contributed by atoms with Gasteiger partial charge in [0.2, 0.25) is 0 Å². The molecule has 2 aromatic carbocycles. The molecule has 0 N–H and O–H groups in total. The van der Waals surface area contributed by atoms with E-state index in [1.165, 1.54) is 31.2 Å². The molecular weight excluding hydrogens is 428 g/mol. The maximum atomic E-state index is 14.7. The first kappa shape index (κ1) is 23.0. The summed E-state index contributed by atoms with van der Waals surface area (Å²) in [7, 11) is 0. The van der Waals surface area contributed by atoms with Crippen molar-refractivity contribution in [1.29, 1.82) is 0 Å². The van der Waals surface area contributed by atoms with Gasteiger partial charge in [-0.2, -0.15) is 0 Å². The van der Waals surface area contributed by atoms with E-state index in [0.717, 1.165) is 0 Å². The van der Waals surface area contributed by atoms with Crippen LogP contribution in [0.4, 0.5) is 13.6 Å². The van der Waals surface area contributed by atoms with Gasteiger partial charge in [-0.15, -0.1) is 0 Å². The number of ether oxygens (including phenoxy) is 1. The molecule has 0 saturated carbocycles. The first-order valence-electron chi connectivity index (χ1n) is 11.0. The smallest absolute Gasteiger partial charge is 0.410 e. The van der Waals surface area contributed by atoms with Crippen molar-refractivity contribution in [2.45, 2.75) is 52.1 Å². The zero-order valence-corrected chi connectivity index (χ0v) is 19.2. The topological polar surface area (TPSA) is 59.8 Å². The molecule has 1 aliphatic rings. The largest absolute Gasteiger partial charge is 0.452 e. The van der Waals surface area contributed by atoms with E-state index in [1.54, 1.807) is 37.8 Å². The van der Waals surface area contributed by atoms with E-state index in [0.29, 0.717) is 47.2 Å². The third-order valence-electron chi connectivity index (χ3n) is 5.76. The van der Waals surface area contributed by atoms with Crippen LogP contribution in [0.15, 0.2) is 40.8 Å². The van der Waals surface area contributed by atoms with Gasteiger partial charge < -0.3 is 14.1 Å². The van der Waals surface area contributed by atoms with Gasteiger partial charge >= 0.3 is 6.09 Å². The Balaban J connectivity index is 1.72. The van der Waals surface area contributed by atoms with Crippen LogP contribution < -0.4 is 0 Å². The van der Waals surface area contributed by atoms with Crippen molar-refractivity contribution >= 4 is 22.8 Å². The summed E-state index contributed by atoms with van der Waals surface area (Å²) in [6, 6.07) is 8.84.